The van der Waals surface area contributed by atoms with Gasteiger partial charge in [0, 0.05) is 20.2 Å². The summed E-state index contributed by atoms with van der Waals surface area (Å²) in [6, 6.07) is 0. The molecule has 0 aromatic carbocycles. The summed E-state index contributed by atoms with van der Waals surface area (Å²) in [4.78, 5) is 13.1. The highest BCUT2D eigenvalue weighted by Gasteiger charge is 2.22. The Balaban J connectivity index is -0.000000444. The number of rotatable bonds is 6. The maximum Gasteiger partial charge on any atom is 0.410 e. The number of ether oxygens (including phenoxy) is 1. The zero-order chi connectivity index (χ0) is 21.6. The van der Waals surface area contributed by atoms with E-state index in [0.29, 0.717) is 11.3 Å². The number of carbonyl (C=O) groups excluding carboxylic acids is 1. The van der Waals surface area contributed by atoms with Crippen LogP contribution in [0.5, 0.6) is 0 Å². The average Bonchev–Trinajstić information content (AvgIpc) is 2.45. The number of hydrogen-bond acceptors (Lipinski definition) is 3. The van der Waals surface area contributed by atoms with Crippen molar-refractivity contribution in [3.63, 3.8) is 0 Å². The van der Waals surface area contributed by atoms with E-state index < -0.39 is 5.60 Å². The third-order valence-corrected chi connectivity index (χ3v) is 7.62. The van der Waals surface area contributed by atoms with Crippen LogP contribution >= 0.6 is 10.0 Å². The Morgan fingerprint density at radius 1 is 0.923 bits per heavy atom. The summed E-state index contributed by atoms with van der Waals surface area (Å²) in [5.74, 6) is 0. The van der Waals surface area contributed by atoms with Crippen LogP contribution in [0.15, 0.2) is 0 Å². The van der Waals surface area contributed by atoms with Crippen molar-refractivity contribution in [3.8, 4) is 0 Å². The van der Waals surface area contributed by atoms with Crippen LogP contribution in [0.4, 0.5) is 4.79 Å². The van der Waals surface area contributed by atoms with E-state index in [1.165, 1.54) is 0 Å². The van der Waals surface area contributed by atoms with Crippen LogP contribution in [0.3, 0.4) is 0 Å². The van der Waals surface area contributed by atoms with Crippen LogP contribution in [-0.2, 0) is 4.74 Å². The van der Waals surface area contributed by atoms with E-state index in [9.17, 15) is 4.79 Å². The van der Waals surface area contributed by atoms with Gasteiger partial charge in [-0.1, -0.05) is 47.5 Å². The SMILES string of the molecule is CC.CC(C)(C)S(C)(C)C.CN(CCCCCCO)C(=O)OC(C)(C)C. The number of nitrogens with zero attached hydrogens (tertiary/aromatic N) is 1. The van der Waals surface area contributed by atoms with E-state index in [1.807, 2.05) is 34.6 Å². The molecule has 0 aliphatic rings. The van der Waals surface area contributed by atoms with Gasteiger partial charge in [-0.2, -0.15) is 0 Å². The molecule has 1 N–H and O–H groups in total. The number of unbranched alkanes of at least 4 members (excludes halogenated alkanes) is 3. The van der Waals surface area contributed by atoms with Gasteiger partial charge in [0.25, 0.3) is 0 Å². The highest BCUT2D eigenvalue weighted by Crippen LogP contribution is 2.48. The monoisotopic (exact) mass is 395 g/mol. The number of aliphatic hydroxyl groups is 1. The minimum atomic E-state index is -0.428. The molecule has 0 atom stereocenters. The van der Waals surface area contributed by atoms with Crippen molar-refractivity contribution < 1.29 is 14.6 Å². The molecule has 0 aromatic heterocycles. The standard InChI is InChI=1S/C12H25NO3.C7H18S.C2H6/c1-12(2,3)16-11(15)13(4)9-7-5-6-8-10-14;1-7(2,3)8(4,5)6;1-2/h14H,5-10H2,1-4H3;1-6H3;1-2H3. The zero-order valence-corrected chi connectivity index (χ0v) is 20.7. The lowest BCUT2D eigenvalue weighted by Gasteiger charge is -2.40. The average molecular weight is 396 g/mol. The van der Waals surface area contributed by atoms with Gasteiger partial charge in [-0.3, -0.25) is 0 Å². The van der Waals surface area contributed by atoms with Crippen molar-refractivity contribution in [2.75, 3.05) is 39.0 Å². The first kappa shape index (κ1) is 30.3. The Bertz CT molecular complexity index is 327. The molecule has 1 amide bonds. The summed E-state index contributed by atoms with van der Waals surface area (Å²) in [6.45, 7) is 17.5. The molecule has 0 fully saturated rings. The molecule has 0 aliphatic heterocycles. The van der Waals surface area contributed by atoms with Crippen molar-refractivity contribution >= 4 is 16.1 Å². The molecule has 0 saturated carbocycles. The number of amides is 1. The Morgan fingerprint density at radius 3 is 1.62 bits per heavy atom. The summed E-state index contributed by atoms with van der Waals surface area (Å²) in [6.07, 6.45) is 10.6. The summed E-state index contributed by atoms with van der Waals surface area (Å²) >= 11 is 0. The van der Waals surface area contributed by atoms with Crippen LogP contribution in [-0.4, -0.2) is 65.4 Å². The molecule has 0 aromatic rings. The third kappa shape index (κ3) is 19.9. The molecule has 162 valence electrons. The molecule has 26 heavy (non-hydrogen) atoms. The van der Waals surface area contributed by atoms with Crippen molar-refractivity contribution in [1.82, 2.24) is 4.90 Å². The Kier molecular flexibility index (Phi) is 17.0. The molecule has 5 heteroatoms. The van der Waals surface area contributed by atoms with Gasteiger partial charge in [0.1, 0.15) is 5.60 Å². The van der Waals surface area contributed by atoms with Gasteiger partial charge in [-0.25, -0.2) is 14.8 Å². The first-order chi connectivity index (χ1) is 11.6. The summed E-state index contributed by atoms with van der Waals surface area (Å²) in [7, 11) is 1.41. The fourth-order valence-corrected chi connectivity index (χ4v) is 1.25. The highest BCUT2D eigenvalue weighted by atomic mass is 32.3. The van der Waals surface area contributed by atoms with Gasteiger partial charge in [0.15, 0.2) is 0 Å². The minimum absolute atomic E-state index is 0.252. The Labute approximate surface area is 166 Å². The molecule has 0 heterocycles. The Hall–Kier alpha value is -0.420. The second-order valence-corrected chi connectivity index (χ2v) is 13.9. The Morgan fingerprint density at radius 2 is 1.31 bits per heavy atom. The van der Waals surface area contributed by atoms with Crippen LogP contribution < -0.4 is 0 Å². The van der Waals surface area contributed by atoms with Crippen LogP contribution in [0.25, 0.3) is 0 Å². The first-order valence-corrected chi connectivity index (χ1v) is 12.7. The molecule has 0 aliphatic carbocycles. The van der Waals surface area contributed by atoms with Crippen molar-refractivity contribution in [1.29, 1.82) is 0 Å². The normalized spacial score (nSPS) is 12.2. The van der Waals surface area contributed by atoms with E-state index >= 15 is 0 Å². The van der Waals surface area contributed by atoms with Gasteiger partial charge in [0.2, 0.25) is 0 Å². The molecular formula is C21H49NO3S. The molecular weight excluding hydrogens is 346 g/mol. The van der Waals surface area contributed by atoms with E-state index in [-0.39, 0.29) is 22.7 Å². The lowest BCUT2D eigenvalue weighted by molar-refractivity contribution is 0.0296. The number of hydrogen-bond donors (Lipinski definition) is 1. The molecule has 0 bridgehead atoms. The van der Waals surface area contributed by atoms with Crippen LogP contribution in [0, 0.1) is 0 Å². The summed E-state index contributed by atoms with van der Waals surface area (Å²) < 4.78 is 5.75. The molecule has 0 radical (unpaired) electrons. The van der Waals surface area contributed by atoms with E-state index in [4.69, 9.17) is 9.84 Å². The molecule has 4 nitrogen and oxygen atoms in total. The molecule has 0 unspecified atom stereocenters. The van der Waals surface area contributed by atoms with Crippen LogP contribution in [0.2, 0.25) is 0 Å². The predicted molar refractivity (Wildman–Crippen MR) is 121 cm³/mol. The van der Waals surface area contributed by atoms with Crippen molar-refractivity contribution in [2.45, 2.75) is 91.4 Å². The lowest BCUT2D eigenvalue weighted by atomic mass is 10.2. The fraction of sp³-hybridized carbons (Fsp3) is 0.952. The van der Waals surface area contributed by atoms with Gasteiger partial charge in [-0.05, 0) is 57.1 Å². The quantitative estimate of drug-likeness (QED) is 0.569. The maximum atomic E-state index is 11.5. The zero-order valence-electron chi connectivity index (χ0n) is 19.9. The largest absolute Gasteiger partial charge is 0.444 e. The topological polar surface area (TPSA) is 49.8 Å². The molecule has 0 spiro atoms. The fourth-order valence-electron chi connectivity index (χ4n) is 1.25. The third-order valence-electron chi connectivity index (χ3n) is 3.94. The first-order valence-electron chi connectivity index (χ1n) is 9.84. The lowest BCUT2D eigenvalue weighted by Crippen LogP contribution is -2.34. The maximum absolute atomic E-state index is 11.5. The summed E-state index contributed by atoms with van der Waals surface area (Å²) in [5, 5.41) is 8.61. The van der Waals surface area contributed by atoms with E-state index in [1.54, 1.807) is 11.9 Å². The van der Waals surface area contributed by atoms with Crippen LogP contribution in [0.1, 0.15) is 81.1 Å². The second-order valence-electron chi connectivity index (χ2n) is 8.99. The van der Waals surface area contributed by atoms with E-state index in [0.717, 1.165) is 25.7 Å². The predicted octanol–water partition coefficient (Wildman–Crippen LogP) is 5.91. The second kappa shape index (κ2) is 14.6. The van der Waals surface area contributed by atoms with E-state index in [2.05, 4.69) is 39.5 Å². The highest BCUT2D eigenvalue weighted by molar-refractivity contribution is 8.33. The van der Waals surface area contributed by atoms with Gasteiger partial charge < -0.3 is 14.7 Å². The van der Waals surface area contributed by atoms with Gasteiger partial charge >= 0.3 is 6.09 Å². The van der Waals surface area contributed by atoms with Gasteiger partial charge in [-0.15, -0.1) is 0 Å². The minimum Gasteiger partial charge on any atom is -0.444 e. The number of carbonyl (C=O) groups is 1. The molecule has 0 saturated heterocycles. The van der Waals surface area contributed by atoms with Crippen molar-refractivity contribution in [3.05, 3.63) is 0 Å². The smallest absolute Gasteiger partial charge is 0.410 e. The summed E-state index contributed by atoms with van der Waals surface area (Å²) in [5.41, 5.74) is -0.428. The van der Waals surface area contributed by atoms with Crippen molar-refractivity contribution in [2.24, 2.45) is 0 Å². The number of aliphatic hydroxyl groups excluding tert-OH is 1. The molecule has 0 rings (SSSR count). The van der Waals surface area contributed by atoms with Gasteiger partial charge in [0.05, 0.1) is 0 Å².